The highest BCUT2D eigenvalue weighted by atomic mass is 35.5. The first kappa shape index (κ1) is 33.1. The van der Waals surface area contributed by atoms with Crippen molar-refractivity contribution < 1.29 is 18.0 Å². The van der Waals surface area contributed by atoms with Crippen molar-refractivity contribution in [1.29, 1.82) is 0 Å². The predicted molar refractivity (Wildman–Crippen MR) is 176 cm³/mol. The fraction of sp³-hybridized carbons (Fsp3) is 0.235. The second kappa shape index (κ2) is 15.7. The Hall–Kier alpha value is -3.85. The van der Waals surface area contributed by atoms with Gasteiger partial charge in [0.25, 0.3) is 10.0 Å². The molecule has 0 aliphatic rings. The molecule has 0 heterocycles. The highest BCUT2D eigenvalue weighted by molar-refractivity contribution is 7.92. The molecule has 4 rings (SSSR count). The van der Waals surface area contributed by atoms with Crippen LogP contribution in [0.25, 0.3) is 0 Å². The summed E-state index contributed by atoms with van der Waals surface area (Å²) in [6, 6.07) is 29.7. The van der Waals surface area contributed by atoms with E-state index in [1.807, 2.05) is 37.3 Å². The van der Waals surface area contributed by atoms with Crippen LogP contribution in [0.15, 0.2) is 114 Å². The number of benzene rings is 4. The van der Waals surface area contributed by atoms with Gasteiger partial charge in [0, 0.05) is 29.6 Å². The minimum absolute atomic E-state index is 0.00293. The maximum absolute atomic E-state index is 14.4. The van der Waals surface area contributed by atoms with E-state index < -0.39 is 28.5 Å². The molecule has 230 valence electrons. The van der Waals surface area contributed by atoms with Gasteiger partial charge in [-0.1, -0.05) is 103 Å². The van der Waals surface area contributed by atoms with Crippen LogP contribution in [0.1, 0.15) is 30.9 Å². The third-order valence-electron chi connectivity index (χ3n) is 7.12. The number of hydrogen-bond donors (Lipinski definition) is 1. The molecule has 0 radical (unpaired) electrons. The zero-order chi connectivity index (χ0) is 31.5. The number of nitrogens with one attached hydrogen (secondary N) is 1. The second-order valence-corrected chi connectivity index (χ2v) is 13.0. The number of nitrogens with zero attached hydrogens (tertiary/aromatic N) is 2. The molecule has 0 saturated heterocycles. The standard InChI is InChI=1S/C34H35Cl2N3O4S/c1-2-3-22-37-34(41)32(23-26-12-6-4-7-13-26)38(24-27-14-10-11-17-31(27)36)33(40)25-39(29-20-18-28(35)19-21-29)44(42,43)30-15-8-5-9-16-30/h4-21,32H,2-3,22-25H2,1H3,(H,37,41)/t32-/m1/s1. The summed E-state index contributed by atoms with van der Waals surface area (Å²) in [4.78, 5) is 29.7. The van der Waals surface area contributed by atoms with Crippen molar-refractivity contribution in [3.05, 3.63) is 130 Å². The first-order valence-corrected chi connectivity index (χ1v) is 16.6. The Labute approximate surface area is 269 Å². The molecule has 7 nitrogen and oxygen atoms in total. The van der Waals surface area contributed by atoms with Gasteiger partial charge in [-0.2, -0.15) is 0 Å². The summed E-state index contributed by atoms with van der Waals surface area (Å²) in [7, 11) is -4.18. The molecule has 44 heavy (non-hydrogen) atoms. The van der Waals surface area contributed by atoms with E-state index in [1.165, 1.54) is 17.0 Å². The quantitative estimate of drug-likeness (QED) is 0.153. The number of anilines is 1. The molecule has 0 bridgehead atoms. The van der Waals surface area contributed by atoms with E-state index in [0.717, 1.165) is 22.7 Å². The molecular formula is C34H35Cl2N3O4S. The molecule has 0 saturated carbocycles. The molecule has 1 N–H and O–H groups in total. The number of hydrogen-bond acceptors (Lipinski definition) is 4. The molecule has 4 aromatic rings. The van der Waals surface area contributed by atoms with Crippen LogP contribution in [0.4, 0.5) is 5.69 Å². The van der Waals surface area contributed by atoms with Gasteiger partial charge < -0.3 is 10.2 Å². The smallest absolute Gasteiger partial charge is 0.264 e. The van der Waals surface area contributed by atoms with Gasteiger partial charge in [0.15, 0.2) is 0 Å². The van der Waals surface area contributed by atoms with Crippen molar-refractivity contribution in [2.75, 3.05) is 17.4 Å². The van der Waals surface area contributed by atoms with Crippen LogP contribution in [0.5, 0.6) is 0 Å². The first-order chi connectivity index (χ1) is 21.2. The Kier molecular flexibility index (Phi) is 11.8. The number of rotatable bonds is 14. The Balaban J connectivity index is 1.78. The Bertz CT molecular complexity index is 1640. The lowest BCUT2D eigenvalue weighted by Crippen LogP contribution is -2.53. The minimum atomic E-state index is -4.18. The molecule has 4 aromatic carbocycles. The number of carbonyl (C=O) groups excluding carboxylic acids is 2. The number of sulfonamides is 1. The van der Waals surface area contributed by atoms with Crippen molar-refractivity contribution >= 4 is 50.7 Å². The highest BCUT2D eigenvalue weighted by Crippen LogP contribution is 2.27. The fourth-order valence-corrected chi connectivity index (χ4v) is 6.48. The maximum atomic E-state index is 14.4. The molecule has 0 aliphatic carbocycles. The SMILES string of the molecule is CCCCNC(=O)[C@@H](Cc1ccccc1)N(Cc1ccccc1Cl)C(=O)CN(c1ccc(Cl)cc1)S(=O)(=O)c1ccccc1. The summed E-state index contributed by atoms with van der Waals surface area (Å²) >= 11 is 12.6. The Morgan fingerprint density at radius 2 is 1.43 bits per heavy atom. The van der Waals surface area contributed by atoms with Crippen LogP contribution in [0.2, 0.25) is 10.0 Å². The first-order valence-electron chi connectivity index (χ1n) is 14.4. The fourth-order valence-electron chi connectivity index (χ4n) is 4.73. The van der Waals surface area contributed by atoms with Crippen LogP contribution >= 0.6 is 23.2 Å². The van der Waals surface area contributed by atoms with Gasteiger partial charge in [-0.15, -0.1) is 0 Å². The zero-order valence-electron chi connectivity index (χ0n) is 24.4. The van der Waals surface area contributed by atoms with Gasteiger partial charge in [0.1, 0.15) is 12.6 Å². The van der Waals surface area contributed by atoms with E-state index in [2.05, 4.69) is 5.32 Å². The third-order valence-corrected chi connectivity index (χ3v) is 9.53. The lowest BCUT2D eigenvalue weighted by atomic mass is 10.0. The average molecular weight is 653 g/mol. The molecule has 10 heteroatoms. The van der Waals surface area contributed by atoms with Crippen molar-refractivity contribution in [1.82, 2.24) is 10.2 Å². The van der Waals surface area contributed by atoms with Crippen LogP contribution in [0, 0.1) is 0 Å². The Morgan fingerprint density at radius 3 is 2.07 bits per heavy atom. The largest absolute Gasteiger partial charge is 0.354 e. The second-order valence-electron chi connectivity index (χ2n) is 10.3. The molecule has 0 aromatic heterocycles. The van der Waals surface area contributed by atoms with Crippen LogP contribution < -0.4 is 9.62 Å². The number of halogens is 2. The maximum Gasteiger partial charge on any atom is 0.264 e. The Morgan fingerprint density at radius 1 is 0.818 bits per heavy atom. The van der Waals surface area contributed by atoms with Crippen molar-refractivity contribution in [2.24, 2.45) is 0 Å². The predicted octanol–water partition coefficient (Wildman–Crippen LogP) is 6.75. The van der Waals surface area contributed by atoms with E-state index in [4.69, 9.17) is 23.2 Å². The van der Waals surface area contributed by atoms with E-state index in [0.29, 0.717) is 22.2 Å². The lowest BCUT2D eigenvalue weighted by Gasteiger charge is -2.34. The van der Waals surface area contributed by atoms with Gasteiger partial charge in [0.2, 0.25) is 11.8 Å². The molecule has 0 aliphatic heterocycles. The molecule has 0 fully saturated rings. The highest BCUT2D eigenvalue weighted by Gasteiger charge is 2.34. The van der Waals surface area contributed by atoms with E-state index in [-0.39, 0.29) is 29.5 Å². The average Bonchev–Trinajstić information content (AvgIpc) is 3.03. The summed E-state index contributed by atoms with van der Waals surface area (Å²) in [6.45, 7) is 1.92. The summed E-state index contributed by atoms with van der Waals surface area (Å²) in [6.07, 6.45) is 1.89. The topological polar surface area (TPSA) is 86.8 Å². The minimum Gasteiger partial charge on any atom is -0.354 e. The number of amides is 2. The van der Waals surface area contributed by atoms with Crippen LogP contribution in [-0.4, -0.2) is 44.3 Å². The van der Waals surface area contributed by atoms with Crippen molar-refractivity contribution in [2.45, 2.75) is 43.7 Å². The molecular weight excluding hydrogens is 617 g/mol. The van der Waals surface area contributed by atoms with Crippen molar-refractivity contribution in [3.63, 3.8) is 0 Å². The number of carbonyl (C=O) groups is 2. The van der Waals surface area contributed by atoms with Gasteiger partial charge in [-0.05, 0) is 60.0 Å². The lowest BCUT2D eigenvalue weighted by molar-refractivity contribution is -0.140. The van der Waals surface area contributed by atoms with Crippen LogP contribution in [0.3, 0.4) is 0 Å². The van der Waals surface area contributed by atoms with Gasteiger partial charge >= 0.3 is 0 Å². The zero-order valence-corrected chi connectivity index (χ0v) is 26.7. The summed E-state index contributed by atoms with van der Waals surface area (Å²) in [5, 5.41) is 3.83. The summed E-state index contributed by atoms with van der Waals surface area (Å²) < 4.78 is 29.0. The normalized spacial score (nSPS) is 11.9. The van der Waals surface area contributed by atoms with E-state index in [1.54, 1.807) is 66.7 Å². The summed E-state index contributed by atoms with van der Waals surface area (Å²) in [5.74, 6) is -0.891. The third kappa shape index (κ3) is 8.62. The van der Waals surface area contributed by atoms with Crippen LogP contribution in [-0.2, 0) is 32.6 Å². The van der Waals surface area contributed by atoms with Gasteiger partial charge in [-0.3, -0.25) is 13.9 Å². The molecule has 0 spiro atoms. The van der Waals surface area contributed by atoms with E-state index in [9.17, 15) is 18.0 Å². The molecule has 2 amide bonds. The van der Waals surface area contributed by atoms with E-state index >= 15 is 0 Å². The van der Waals surface area contributed by atoms with Gasteiger partial charge in [0.05, 0.1) is 10.6 Å². The van der Waals surface area contributed by atoms with Crippen molar-refractivity contribution in [3.8, 4) is 0 Å². The number of unbranched alkanes of at least 4 members (excludes halogenated alkanes) is 1. The summed E-state index contributed by atoms with van der Waals surface area (Å²) in [5.41, 5.74) is 1.74. The molecule has 0 unspecified atom stereocenters. The molecule has 1 atom stereocenters. The van der Waals surface area contributed by atoms with Gasteiger partial charge in [-0.25, -0.2) is 8.42 Å². The monoisotopic (exact) mass is 651 g/mol.